The van der Waals surface area contributed by atoms with Gasteiger partial charge in [0.1, 0.15) is 11.9 Å². The smallest absolute Gasteiger partial charge is 0.265 e. The maximum Gasteiger partial charge on any atom is 0.265 e. The molecular weight excluding hydrogens is 277 g/mol. The molecule has 96 valence electrons. The highest BCUT2D eigenvalue weighted by atomic mass is 35.5. The van der Waals surface area contributed by atoms with E-state index in [1.54, 1.807) is 0 Å². The molecule has 1 atom stereocenters. The molecule has 9 heteroatoms. The zero-order valence-electron chi connectivity index (χ0n) is 8.42. The maximum absolute atomic E-state index is 12.0. The molecule has 0 aliphatic carbocycles. The van der Waals surface area contributed by atoms with E-state index in [9.17, 15) is 8.78 Å². The lowest BCUT2D eigenvalue weighted by molar-refractivity contribution is 0.00381. The highest BCUT2D eigenvalue weighted by molar-refractivity contribution is 6.37. The van der Waals surface area contributed by atoms with Crippen LogP contribution in [0.4, 0.5) is 20.4 Å². The van der Waals surface area contributed by atoms with Crippen molar-refractivity contribution in [1.82, 2.24) is 4.98 Å². The van der Waals surface area contributed by atoms with Crippen LogP contribution in [0, 0.1) is 0 Å². The third-order valence-corrected chi connectivity index (χ3v) is 2.41. The summed E-state index contributed by atoms with van der Waals surface area (Å²) in [5, 5.41) is 11.7. The molecule has 0 saturated heterocycles. The number of nitrogen functional groups attached to an aromatic ring is 1. The van der Waals surface area contributed by atoms with E-state index >= 15 is 0 Å². The Hall–Kier alpha value is -0.890. The van der Waals surface area contributed by atoms with Crippen molar-refractivity contribution in [2.24, 2.45) is 5.84 Å². The van der Waals surface area contributed by atoms with E-state index in [0.29, 0.717) is 0 Å². The fourth-order valence-electron chi connectivity index (χ4n) is 0.982. The van der Waals surface area contributed by atoms with Crippen molar-refractivity contribution in [1.29, 1.82) is 0 Å². The average Bonchev–Trinajstić information content (AvgIpc) is 2.27. The van der Waals surface area contributed by atoms with Crippen LogP contribution >= 0.6 is 23.2 Å². The number of aromatic nitrogens is 1. The zero-order chi connectivity index (χ0) is 13.0. The molecule has 1 rings (SSSR count). The highest BCUT2D eigenvalue weighted by Crippen LogP contribution is 2.28. The summed E-state index contributed by atoms with van der Waals surface area (Å²) in [7, 11) is 0. The number of nitrogens with zero attached hydrogens (tertiary/aromatic N) is 1. The van der Waals surface area contributed by atoms with Gasteiger partial charge in [0.25, 0.3) is 6.43 Å². The van der Waals surface area contributed by atoms with Crippen LogP contribution in [0.3, 0.4) is 0 Å². The van der Waals surface area contributed by atoms with Crippen LogP contribution in [-0.2, 0) is 0 Å². The summed E-state index contributed by atoms with van der Waals surface area (Å²) in [5.41, 5.74) is 2.22. The minimum atomic E-state index is -2.85. The van der Waals surface area contributed by atoms with Gasteiger partial charge in [0.2, 0.25) is 0 Å². The number of pyridine rings is 1. The van der Waals surface area contributed by atoms with Gasteiger partial charge in [-0.2, -0.15) is 0 Å². The summed E-state index contributed by atoms with van der Waals surface area (Å²) in [6, 6.07) is 1.35. The van der Waals surface area contributed by atoms with Crippen molar-refractivity contribution in [3.05, 3.63) is 16.1 Å². The number of hydrogen-bond acceptors (Lipinski definition) is 5. The molecule has 0 fully saturated rings. The first kappa shape index (κ1) is 14.2. The molecular formula is C8H10Cl2F2N4O. The minimum Gasteiger partial charge on any atom is -0.385 e. The Morgan fingerprint density at radius 1 is 1.35 bits per heavy atom. The van der Waals surface area contributed by atoms with Gasteiger partial charge in [-0.25, -0.2) is 19.6 Å². The van der Waals surface area contributed by atoms with E-state index in [1.807, 2.05) is 0 Å². The van der Waals surface area contributed by atoms with Gasteiger partial charge < -0.3 is 15.8 Å². The van der Waals surface area contributed by atoms with Crippen LogP contribution in [0.2, 0.25) is 10.0 Å². The van der Waals surface area contributed by atoms with Crippen LogP contribution in [-0.4, -0.2) is 29.2 Å². The van der Waals surface area contributed by atoms with E-state index in [2.05, 4.69) is 15.7 Å². The Morgan fingerprint density at radius 2 is 1.94 bits per heavy atom. The van der Waals surface area contributed by atoms with E-state index in [1.165, 1.54) is 6.07 Å². The van der Waals surface area contributed by atoms with Gasteiger partial charge in [0.05, 0.1) is 10.0 Å². The van der Waals surface area contributed by atoms with Crippen LogP contribution < -0.4 is 16.6 Å². The third-order valence-electron chi connectivity index (χ3n) is 1.84. The molecule has 17 heavy (non-hydrogen) atoms. The van der Waals surface area contributed by atoms with Gasteiger partial charge in [0, 0.05) is 6.54 Å². The fraction of sp³-hybridized carbons (Fsp3) is 0.375. The number of nitrogens with two attached hydrogens (primary N) is 1. The molecule has 0 aliphatic rings. The first-order valence-electron chi connectivity index (χ1n) is 4.48. The molecule has 0 radical (unpaired) electrons. The monoisotopic (exact) mass is 286 g/mol. The van der Waals surface area contributed by atoms with Crippen molar-refractivity contribution >= 4 is 34.8 Å². The number of alkyl halides is 2. The molecule has 0 saturated carbocycles. The van der Waals surface area contributed by atoms with Crippen molar-refractivity contribution in [2.45, 2.75) is 12.5 Å². The minimum absolute atomic E-state index is 0.101. The Balaban J connectivity index is 2.77. The Labute approximate surface area is 106 Å². The topological polar surface area (TPSA) is 83.2 Å². The van der Waals surface area contributed by atoms with Crippen LogP contribution in [0.1, 0.15) is 0 Å². The molecule has 0 aromatic carbocycles. The number of aliphatic hydroxyl groups excluding tert-OH is 1. The molecule has 0 bridgehead atoms. The number of halogens is 4. The summed E-state index contributed by atoms with van der Waals surface area (Å²) in [6.45, 7) is -0.393. The van der Waals surface area contributed by atoms with Gasteiger partial charge in [-0.15, -0.1) is 0 Å². The highest BCUT2D eigenvalue weighted by Gasteiger charge is 2.17. The third kappa shape index (κ3) is 3.81. The van der Waals surface area contributed by atoms with Crippen molar-refractivity contribution in [3.63, 3.8) is 0 Å². The van der Waals surface area contributed by atoms with Gasteiger partial charge >= 0.3 is 0 Å². The van der Waals surface area contributed by atoms with E-state index in [-0.39, 0.29) is 21.7 Å². The lowest BCUT2D eigenvalue weighted by atomic mass is 10.3. The Bertz CT molecular complexity index is 394. The molecule has 1 aromatic heterocycles. The number of rotatable bonds is 5. The molecule has 0 spiro atoms. The summed E-state index contributed by atoms with van der Waals surface area (Å²) in [4.78, 5) is 3.85. The summed E-state index contributed by atoms with van der Waals surface area (Å²) in [5.74, 6) is 5.38. The Kier molecular flexibility index (Phi) is 5.13. The summed E-state index contributed by atoms with van der Waals surface area (Å²) >= 11 is 11.5. The van der Waals surface area contributed by atoms with E-state index in [4.69, 9.17) is 34.2 Å². The molecule has 0 aliphatic heterocycles. The zero-order valence-corrected chi connectivity index (χ0v) is 9.93. The summed E-state index contributed by atoms with van der Waals surface area (Å²) < 4.78 is 24.1. The predicted molar refractivity (Wildman–Crippen MR) is 62.6 cm³/mol. The standard InChI is InChI=1S/C8H10Cl2F2N4O/c9-3-1-4(10)8(16-13)15-7(3)14-2-5(17)6(11)12/h1,5-6,17H,2,13H2,(H2,14,15,16). The average molecular weight is 287 g/mol. The molecule has 1 aromatic rings. The number of anilines is 2. The normalized spacial score (nSPS) is 12.6. The molecule has 1 heterocycles. The lowest BCUT2D eigenvalue weighted by Crippen LogP contribution is -2.27. The largest absolute Gasteiger partial charge is 0.385 e. The predicted octanol–water partition coefficient (Wildman–Crippen LogP) is 1.71. The van der Waals surface area contributed by atoms with Gasteiger partial charge in [-0.05, 0) is 6.07 Å². The number of hydrogen-bond donors (Lipinski definition) is 4. The van der Waals surface area contributed by atoms with Crippen LogP contribution in [0.25, 0.3) is 0 Å². The van der Waals surface area contributed by atoms with Crippen molar-refractivity contribution < 1.29 is 13.9 Å². The lowest BCUT2D eigenvalue weighted by Gasteiger charge is -2.13. The second-order valence-electron chi connectivity index (χ2n) is 3.08. The summed E-state index contributed by atoms with van der Waals surface area (Å²) in [6.07, 6.45) is -4.65. The van der Waals surface area contributed by atoms with E-state index in [0.717, 1.165) is 0 Å². The number of aliphatic hydroxyl groups is 1. The van der Waals surface area contributed by atoms with Gasteiger partial charge in [0.15, 0.2) is 5.82 Å². The Morgan fingerprint density at radius 3 is 2.47 bits per heavy atom. The second-order valence-corrected chi connectivity index (χ2v) is 3.89. The van der Waals surface area contributed by atoms with Crippen LogP contribution in [0.15, 0.2) is 6.07 Å². The van der Waals surface area contributed by atoms with Crippen LogP contribution in [0.5, 0.6) is 0 Å². The van der Waals surface area contributed by atoms with Crippen molar-refractivity contribution in [3.8, 4) is 0 Å². The quantitative estimate of drug-likeness (QED) is 0.489. The molecule has 5 N–H and O–H groups in total. The SMILES string of the molecule is NNc1nc(NCC(O)C(F)F)c(Cl)cc1Cl. The molecule has 5 nitrogen and oxygen atoms in total. The maximum atomic E-state index is 12.0. The first-order valence-corrected chi connectivity index (χ1v) is 5.24. The first-order chi connectivity index (χ1) is 7.95. The van der Waals surface area contributed by atoms with Gasteiger partial charge in [-0.1, -0.05) is 23.2 Å². The van der Waals surface area contributed by atoms with Gasteiger partial charge in [-0.3, -0.25) is 0 Å². The fourth-order valence-corrected chi connectivity index (χ4v) is 1.46. The second kappa shape index (κ2) is 6.15. The van der Waals surface area contributed by atoms with E-state index < -0.39 is 19.1 Å². The van der Waals surface area contributed by atoms with Crippen molar-refractivity contribution in [2.75, 3.05) is 17.3 Å². The molecule has 0 amide bonds. The molecule has 1 unspecified atom stereocenters. The number of hydrazine groups is 1. The number of nitrogens with one attached hydrogen (secondary N) is 2.